The molecule has 3 nitrogen and oxygen atoms in total. The quantitative estimate of drug-likeness (QED) is 0.636. The number of rotatable bonds is 9. The molecule has 0 aliphatic heterocycles. The van der Waals surface area contributed by atoms with Gasteiger partial charge in [-0.3, -0.25) is 4.79 Å². The molecule has 0 bridgehead atoms. The first-order chi connectivity index (χ1) is 7.65. The molecule has 0 rings (SSSR count). The topological polar surface area (TPSA) is 55.1 Å². The third kappa shape index (κ3) is 6.83. The fraction of sp³-hybridized carbons (Fsp3) is 0.923. The van der Waals surface area contributed by atoms with Crippen molar-refractivity contribution in [2.75, 3.05) is 13.1 Å². The number of nitrogens with one attached hydrogen (secondary N) is 1. The summed E-state index contributed by atoms with van der Waals surface area (Å²) in [7, 11) is 0. The number of hydrogen-bond acceptors (Lipinski definition) is 2. The molecule has 0 spiro atoms. The molecule has 16 heavy (non-hydrogen) atoms. The van der Waals surface area contributed by atoms with Crippen molar-refractivity contribution in [3.8, 4) is 0 Å². The highest BCUT2D eigenvalue weighted by Crippen LogP contribution is 2.10. The summed E-state index contributed by atoms with van der Waals surface area (Å²) in [5, 5.41) is 3.04. The molecule has 0 heterocycles. The maximum absolute atomic E-state index is 11.7. The summed E-state index contributed by atoms with van der Waals surface area (Å²) in [5.74, 6) is 0.887. The average Bonchev–Trinajstić information content (AvgIpc) is 2.26. The fourth-order valence-corrected chi connectivity index (χ4v) is 1.98. The first-order valence-corrected chi connectivity index (χ1v) is 6.63. The molecule has 0 saturated carbocycles. The third-order valence-electron chi connectivity index (χ3n) is 3.01. The Morgan fingerprint density at radius 3 is 2.31 bits per heavy atom. The smallest absolute Gasteiger partial charge is 0.222 e. The summed E-state index contributed by atoms with van der Waals surface area (Å²) in [4.78, 5) is 11.7. The van der Waals surface area contributed by atoms with Crippen molar-refractivity contribution in [2.45, 2.75) is 52.9 Å². The van der Waals surface area contributed by atoms with Gasteiger partial charge in [0.25, 0.3) is 0 Å². The molecule has 0 aliphatic rings. The zero-order valence-corrected chi connectivity index (χ0v) is 11.1. The van der Waals surface area contributed by atoms with E-state index in [0.717, 1.165) is 38.6 Å². The molecule has 0 saturated heterocycles. The van der Waals surface area contributed by atoms with E-state index in [0.29, 0.717) is 12.5 Å². The molecule has 0 aromatic carbocycles. The van der Waals surface area contributed by atoms with Gasteiger partial charge < -0.3 is 11.1 Å². The molecule has 2 unspecified atom stereocenters. The molecule has 1 amide bonds. The Balaban J connectivity index is 3.85. The van der Waals surface area contributed by atoms with E-state index < -0.39 is 0 Å². The summed E-state index contributed by atoms with van der Waals surface area (Å²) in [6, 6.07) is 0. The molecular weight excluding hydrogens is 200 g/mol. The largest absolute Gasteiger partial charge is 0.356 e. The van der Waals surface area contributed by atoms with E-state index in [1.54, 1.807) is 0 Å². The second kappa shape index (κ2) is 9.64. The van der Waals surface area contributed by atoms with Crippen LogP contribution in [0.5, 0.6) is 0 Å². The van der Waals surface area contributed by atoms with Gasteiger partial charge in [-0.1, -0.05) is 33.6 Å². The molecule has 0 aromatic heterocycles. The van der Waals surface area contributed by atoms with Crippen LogP contribution in [-0.4, -0.2) is 19.0 Å². The van der Waals surface area contributed by atoms with E-state index in [2.05, 4.69) is 19.2 Å². The van der Waals surface area contributed by atoms with E-state index >= 15 is 0 Å². The van der Waals surface area contributed by atoms with Crippen LogP contribution in [0.1, 0.15) is 52.9 Å². The SMILES string of the molecule is CCCC(CCN)CNC(=O)C(C)CCC. The summed E-state index contributed by atoms with van der Waals surface area (Å²) < 4.78 is 0. The average molecular weight is 228 g/mol. The molecule has 2 atom stereocenters. The molecule has 0 fully saturated rings. The van der Waals surface area contributed by atoms with Crippen LogP contribution in [0.15, 0.2) is 0 Å². The normalized spacial score (nSPS) is 14.5. The highest BCUT2D eigenvalue weighted by atomic mass is 16.1. The Bertz CT molecular complexity index is 177. The Morgan fingerprint density at radius 1 is 1.19 bits per heavy atom. The van der Waals surface area contributed by atoms with Gasteiger partial charge in [-0.15, -0.1) is 0 Å². The minimum absolute atomic E-state index is 0.144. The zero-order chi connectivity index (χ0) is 12.4. The highest BCUT2D eigenvalue weighted by molar-refractivity contribution is 5.78. The number of nitrogens with two attached hydrogens (primary N) is 1. The fourth-order valence-electron chi connectivity index (χ4n) is 1.98. The molecule has 96 valence electrons. The van der Waals surface area contributed by atoms with Crippen LogP contribution in [0.3, 0.4) is 0 Å². The van der Waals surface area contributed by atoms with E-state index in [9.17, 15) is 4.79 Å². The van der Waals surface area contributed by atoms with Crippen molar-refractivity contribution in [3.05, 3.63) is 0 Å². The predicted molar refractivity (Wildman–Crippen MR) is 69.2 cm³/mol. The molecule has 0 radical (unpaired) electrons. The van der Waals surface area contributed by atoms with Crippen molar-refractivity contribution in [2.24, 2.45) is 17.6 Å². The lowest BCUT2D eigenvalue weighted by Crippen LogP contribution is -2.34. The van der Waals surface area contributed by atoms with Crippen LogP contribution in [-0.2, 0) is 4.79 Å². The van der Waals surface area contributed by atoms with Gasteiger partial charge in [-0.25, -0.2) is 0 Å². The van der Waals surface area contributed by atoms with Crippen LogP contribution in [0.25, 0.3) is 0 Å². The second-order valence-electron chi connectivity index (χ2n) is 4.67. The molecule has 0 aromatic rings. The third-order valence-corrected chi connectivity index (χ3v) is 3.01. The molecule has 0 aliphatic carbocycles. The van der Waals surface area contributed by atoms with Crippen molar-refractivity contribution in [1.82, 2.24) is 5.32 Å². The van der Waals surface area contributed by atoms with Crippen LogP contribution >= 0.6 is 0 Å². The van der Waals surface area contributed by atoms with E-state index in [-0.39, 0.29) is 11.8 Å². The standard InChI is InChI=1S/C13H28N2O/c1-4-6-11(3)13(16)15-10-12(7-5-2)8-9-14/h11-12H,4-10,14H2,1-3H3,(H,15,16). The lowest BCUT2D eigenvalue weighted by atomic mass is 9.99. The highest BCUT2D eigenvalue weighted by Gasteiger charge is 2.13. The van der Waals surface area contributed by atoms with Gasteiger partial charge in [-0.2, -0.15) is 0 Å². The maximum Gasteiger partial charge on any atom is 0.222 e. The maximum atomic E-state index is 11.7. The monoisotopic (exact) mass is 228 g/mol. The zero-order valence-electron chi connectivity index (χ0n) is 11.1. The van der Waals surface area contributed by atoms with E-state index in [1.807, 2.05) is 6.92 Å². The number of amides is 1. The lowest BCUT2D eigenvalue weighted by Gasteiger charge is -2.17. The van der Waals surface area contributed by atoms with E-state index in [1.165, 1.54) is 0 Å². The van der Waals surface area contributed by atoms with Crippen molar-refractivity contribution < 1.29 is 4.79 Å². The van der Waals surface area contributed by atoms with Gasteiger partial charge in [0, 0.05) is 12.5 Å². The van der Waals surface area contributed by atoms with Crippen molar-refractivity contribution in [3.63, 3.8) is 0 Å². The minimum Gasteiger partial charge on any atom is -0.356 e. The minimum atomic E-state index is 0.144. The summed E-state index contributed by atoms with van der Waals surface area (Å²) in [5.41, 5.74) is 5.56. The Kier molecular flexibility index (Phi) is 9.30. The second-order valence-corrected chi connectivity index (χ2v) is 4.67. The summed E-state index contributed by atoms with van der Waals surface area (Å²) in [6.07, 6.45) is 5.36. The Morgan fingerprint density at radius 2 is 1.81 bits per heavy atom. The first-order valence-electron chi connectivity index (χ1n) is 6.63. The summed E-state index contributed by atoms with van der Waals surface area (Å²) >= 11 is 0. The van der Waals surface area contributed by atoms with Crippen LogP contribution in [0.4, 0.5) is 0 Å². The van der Waals surface area contributed by atoms with Gasteiger partial charge in [0.1, 0.15) is 0 Å². The van der Waals surface area contributed by atoms with Crippen molar-refractivity contribution >= 4 is 5.91 Å². The molecule has 3 heteroatoms. The predicted octanol–water partition coefficient (Wildman–Crippen LogP) is 2.30. The molecule has 3 N–H and O–H groups in total. The number of hydrogen-bond donors (Lipinski definition) is 2. The van der Waals surface area contributed by atoms with Crippen LogP contribution < -0.4 is 11.1 Å². The van der Waals surface area contributed by atoms with Crippen LogP contribution in [0.2, 0.25) is 0 Å². The van der Waals surface area contributed by atoms with Gasteiger partial charge in [-0.05, 0) is 31.7 Å². The number of carbonyl (C=O) groups excluding carboxylic acids is 1. The Hall–Kier alpha value is -0.570. The van der Waals surface area contributed by atoms with Gasteiger partial charge in [0.05, 0.1) is 0 Å². The lowest BCUT2D eigenvalue weighted by molar-refractivity contribution is -0.124. The van der Waals surface area contributed by atoms with Gasteiger partial charge >= 0.3 is 0 Å². The Labute approximate surface area is 100 Å². The summed E-state index contributed by atoms with van der Waals surface area (Å²) in [6.45, 7) is 7.78. The first kappa shape index (κ1) is 15.4. The van der Waals surface area contributed by atoms with Gasteiger partial charge in [0.2, 0.25) is 5.91 Å². The van der Waals surface area contributed by atoms with Gasteiger partial charge in [0.15, 0.2) is 0 Å². The molecular formula is C13H28N2O. The van der Waals surface area contributed by atoms with E-state index in [4.69, 9.17) is 5.73 Å². The van der Waals surface area contributed by atoms with Crippen LogP contribution in [0, 0.1) is 11.8 Å². The number of carbonyl (C=O) groups is 1. The van der Waals surface area contributed by atoms with Crippen molar-refractivity contribution in [1.29, 1.82) is 0 Å².